The van der Waals surface area contributed by atoms with Gasteiger partial charge in [-0.3, -0.25) is 0 Å². The molecule has 1 fully saturated rings. The van der Waals surface area contributed by atoms with Gasteiger partial charge in [-0.15, -0.1) is 0 Å². The fourth-order valence-electron chi connectivity index (χ4n) is 2.38. The van der Waals surface area contributed by atoms with Crippen LogP contribution in [0.3, 0.4) is 0 Å². The summed E-state index contributed by atoms with van der Waals surface area (Å²) in [4.78, 5) is 2.19. The first-order valence-electron chi connectivity index (χ1n) is 6.79. The minimum atomic E-state index is 0.663. The van der Waals surface area contributed by atoms with Gasteiger partial charge in [0, 0.05) is 25.4 Å². The second kappa shape index (κ2) is 6.76. The molecule has 3 nitrogen and oxygen atoms in total. The molecule has 1 aliphatic heterocycles. The van der Waals surface area contributed by atoms with Gasteiger partial charge in [0.25, 0.3) is 0 Å². The number of hydrogen-bond donors (Lipinski definition) is 1. The SMILES string of the molecule is CN(C)Cc1cccc(NCC2CCCOC2)c1. The van der Waals surface area contributed by atoms with Gasteiger partial charge in [-0.2, -0.15) is 0 Å². The number of ether oxygens (including phenoxy) is 1. The summed E-state index contributed by atoms with van der Waals surface area (Å²) in [5.74, 6) is 0.663. The molecule has 1 heterocycles. The van der Waals surface area contributed by atoms with E-state index < -0.39 is 0 Å². The summed E-state index contributed by atoms with van der Waals surface area (Å²) < 4.78 is 5.50. The van der Waals surface area contributed by atoms with Crippen molar-refractivity contribution < 1.29 is 4.74 Å². The van der Waals surface area contributed by atoms with Crippen molar-refractivity contribution in [2.75, 3.05) is 39.2 Å². The second-order valence-corrected chi connectivity index (χ2v) is 5.40. The van der Waals surface area contributed by atoms with Crippen molar-refractivity contribution in [2.45, 2.75) is 19.4 Å². The third-order valence-corrected chi connectivity index (χ3v) is 3.28. The molecule has 0 amide bonds. The average molecular weight is 248 g/mol. The molecule has 2 rings (SSSR count). The molecule has 0 spiro atoms. The molecular formula is C15H24N2O. The molecule has 1 N–H and O–H groups in total. The number of nitrogens with one attached hydrogen (secondary N) is 1. The first-order valence-corrected chi connectivity index (χ1v) is 6.79. The minimum Gasteiger partial charge on any atom is -0.385 e. The van der Waals surface area contributed by atoms with Crippen LogP contribution in [-0.2, 0) is 11.3 Å². The van der Waals surface area contributed by atoms with Crippen molar-refractivity contribution in [2.24, 2.45) is 5.92 Å². The molecule has 0 aromatic heterocycles. The normalized spacial score (nSPS) is 20.1. The Morgan fingerprint density at radius 1 is 1.39 bits per heavy atom. The van der Waals surface area contributed by atoms with Gasteiger partial charge in [0.1, 0.15) is 0 Å². The van der Waals surface area contributed by atoms with Gasteiger partial charge in [0.2, 0.25) is 0 Å². The predicted octanol–water partition coefficient (Wildman–Crippen LogP) is 2.59. The Bertz CT molecular complexity index is 359. The van der Waals surface area contributed by atoms with E-state index in [0.717, 1.165) is 26.3 Å². The van der Waals surface area contributed by atoms with Crippen molar-refractivity contribution in [3.05, 3.63) is 29.8 Å². The van der Waals surface area contributed by atoms with Crippen LogP contribution in [0.2, 0.25) is 0 Å². The Hall–Kier alpha value is -1.06. The summed E-state index contributed by atoms with van der Waals surface area (Å²) in [6, 6.07) is 8.68. The third kappa shape index (κ3) is 4.31. The monoisotopic (exact) mass is 248 g/mol. The van der Waals surface area contributed by atoms with Gasteiger partial charge in [-0.1, -0.05) is 12.1 Å². The Kier molecular flexibility index (Phi) is 5.02. The molecule has 0 radical (unpaired) electrons. The lowest BCUT2D eigenvalue weighted by Crippen LogP contribution is -2.24. The summed E-state index contributed by atoms with van der Waals surface area (Å²) in [5, 5.41) is 3.53. The maximum atomic E-state index is 5.50. The standard InChI is InChI=1S/C15H24N2O/c1-17(2)11-13-5-3-7-15(9-13)16-10-14-6-4-8-18-12-14/h3,5,7,9,14,16H,4,6,8,10-12H2,1-2H3. The first-order chi connectivity index (χ1) is 8.74. The summed E-state index contributed by atoms with van der Waals surface area (Å²) >= 11 is 0. The molecule has 1 unspecified atom stereocenters. The fraction of sp³-hybridized carbons (Fsp3) is 0.600. The molecule has 0 aliphatic carbocycles. The quantitative estimate of drug-likeness (QED) is 0.867. The molecule has 1 aromatic carbocycles. The third-order valence-electron chi connectivity index (χ3n) is 3.28. The fourth-order valence-corrected chi connectivity index (χ4v) is 2.38. The molecule has 1 aromatic rings. The topological polar surface area (TPSA) is 24.5 Å². The van der Waals surface area contributed by atoms with E-state index >= 15 is 0 Å². The van der Waals surface area contributed by atoms with E-state index in [1.54, 1.807) is 0 Å². The Morgan fingerprint density at radius 2 is 2.28 bits per heavy atom. The summed E-state index contributed by atoms with van der Waals surface area (Å²) in [5.41, 5.74) is 2.57. The number of hydrogen-bond acceptors (Lipinski definition) is 3. The second-order valence-electron chi connectivity index (χ2n) is 5.40. The van der Waals surface area contributed by atoms with Crippen LogP contribution in [0.4, 0.5) is 5.69 Å². The number of nitrogens with zero attached hydrogens (tertiary/aromatic N) is 1. The van der Waals surface area contributed by atoms with Crippen LogP contribution in [0, 0.1) is 5.92 Å². The molecular weight excluding hydrogens is 224 g/mol. The maximum absolute atomic E-state index is 5.50. The van der Waals surface area contributed by atoms with Crippen molar-refractivity contribution in [1.82, 2.24) is 4.90 Å². The summed E-state index contributed by atoms with van der Waals surface area (Å²) in [6.07, 6.45) is 2.48. The molecule has 1 aliphatic rings. The van der Waals surface area contributed by atoms with Crippen LogP contribution >= 0.6 is 0 Å². The van der Waals surface area contributed by atoms with Crippen molar-refractivity contribution >= 4 is 5.69 Å². The molecule has 0 saturated carbocycles. The highest BCUT2D eigenvalue weighted by Crippen LogP contribution is 2.16. The lowest BCUT2D eigenvalue weighted by Gasteiger charge is -2.22. The maximum Gasteiger partial charge on any atom is 0.0511 e. The van der Waals surface area contributed by atoms with Gasteiger partial charge >= 0.3 is 0 Å². The zero-order chi connectivity index (χ0) is 12.8. The van der Waals surface area contributed by atoms with Gasteiger partial charge in [-0.25, -0.2) is 0 Å². The van der Waals surface area contributed by atoms with E-state index in [1.807, 2.05) is 0 Å². The van der Waals surface area contributed by atoms with E-state index in [-0.39, 0.29) is 0 Å². The lowest BCUT2D eigenvalue weighted by molar-refractivity contribution is 0.0595. The van der Waals surface area contributed by atoms with Gasteiger partial charge in [0.15, 0.2) is 0 Å². The van der Waals surface area contributed by atoms with Crippen LogP contribution in [-0.4, -0.2) is 38.8 Å². The minimum absolute atomic E-state index is 0.663. The van der Waals surface area contributed by atoms with Gasteiger partial charge < -0.3 is 15.0 Å². The van der Waals surface area contributed by atoms with Crippen molar-refractivity contribution in [3.63, 3.8) is 0 Å². The number of benzene rings is 1. The van der Waals surface area contributed by atoms with E-state index in [0.29, 0.717) is 5.92 Å². The Morgan fingerprint density at radius 3 is 3.00 bits per heavy atom. The van der Waals surface area contributed by atoms with E-state index in [1.165, 1.54) is 24.1 Å². The van der Waals surface area contributed by atoms with E-state index in [9.17, 15) is 0 Å². The highest BCUT2D eigenvalue weighted by Gasteiger charge is 2.13. The summed E-state index contributed by atoms with van der Waals surface area (Å²) in [7, 11) is 4.19. The van der Waals surface area contributed by atoms with Crippen LogP contribution in [0.15, 0.2) is 24.3 Å². The highest BCUT2D eigenvalue weighted by molar-refractivity contribution is 5.45. The number of anilines is 1. The van der Waals surface area contributed by atoms with Crippen LogP contribution in [0.25, 0.3) is 0 Å². The highest BCUT2D eigenvalue weighted by atomic mass is 16.5. The Labute approximate surface area is 110 Å². The predicted molar refractivity (Wildman–Crippen MR) is 75.9 cm³/mol. The van der Waals surface area contributed by atoms with Crippen LogP contribution in [0.1, 0.15) is 18.4 Å². The summed E-state index contributed by atoms with van der Waals surface area (Å²) in [6.45, 7) is 3.85. The molecule has 0 bridgehead atoms. The van der Waals surface area contributed by atoms with Gasteiger partial charge in [-0.05, 0) is 50.6 Å². The van der Waals surface area contributed by atoms with Crippen LogP contribution in [0.5, 0.6) is 0 Å². The lowest BCUT2D eigenvalue weighted by atomic mass is 10.0. The Balaban J connectivity index is 1.84. The zero-order valence-electron chi connectivity index (χ0n) is 11.5. The largest absolute Gasteiger partial charge is 0.385 e. The van der Waals surface area contributed by atoms with Crippen molar-refractivity contribution in [3.8, 4) is 0 Å². The first kappa shape index (κ1) is 13.4. The average Bonchev–Trinajstić information content (AvgIpc) is 2.37. The zero-order valence-corrected chi connectivity index (χ0v) is 11.5. The molecule has 3 heteroatoms. The van der Waals surface area contributed by atoms with Crippen molar-refractivity contribution in [1.29, 1.82) is 0 Å². The van der Waals surface area contributed by atoms with E-state index in [2.05, 4.69) is 48.6 Å². The molecule has 18 heavy (non-hydrogen) atoms. The van der Waals surface area contributed by atoms with Crippen LogP contribution < -0.4 is 5.32 Å². The number of rotatable bonds is 5. The molecule has 1 atom stereocenters. The molecule has 100 valence electrons. The molecule has 1 saturated heterocycles. The van der Waals surface area contributed by atoms with E-state index in [4.69, 9.17) is 4.74 Å². The smallest absolute Gasteiger partial charge is 0.0511 e. The van der Waals surface area contributed by atoms with Gasteiger partial charge in [0.05, 0.1) is 6.61 Å².